The number of hydrogen-bond donors (Lipinski definition) is 0. The second-order valence-electron chi connectivity index (χ2n) is 9.50. The second-order valence-corrected chi connectivity index (χ2v) is 9.50. The standard InChI is InChI=1S/C25H33N3O2/c1-25(2,3)30-24(29)28(21-11-7-12-21)23-15-14-20(17-26-23)22-13-8-16-27(22)18-19-9-5-4-6-10-19/h4-6,9-10,14-15,17,21-22H,7-8,11-13,16,18H2,1-3H3/t22-/m1/s1. The summed E-state index contributed by atoms with van der Waals surface area (Å²) in [6.07, 6.45) is 7.18. The molecule has 1 saturated carbocycles. The molecule has 30 heavy (non-hydrogen) atoms. The first-order chi connectivity index (χ1) is 14.4. The van der Waals surface area contributed by atoms with Crippen LogP contribution in [0.15, 0.2) is 48.7 Å². The highest BCUT2D eigenvalue weighted by molar-refractivity contribution is 5.87. The Morgan fingerprint density at radius 1 is 1.10 bits per heavy atom. The van der Waals surface area contributed by atoms with E-state index in [4.69, 9.17) is 9.72 Å². The van der Waals surface area contributed by atoms with Crippen LogP contribution in [-0.4, -0.2) is 34.2 Å². The maximum absolute atomic E-state index is 12.8. The van der Waals surface area contributed by atoms with Crippen LogP contribution in [0.25, 0.3) is 0 Å². The van der Waals surface area contributed by atoms with Crippen molar-refractivity contribution >= 4 is 11.9 Å². The number of carbonyl (C=O) groups excluding carboxylic acids is 1. The number of likely N-dealkylation sites (tertiary alicyclic amines) is 1. The van der Waals surface area contributed by atoms with Crippen LogP contribution >= 0.6 is 0 Å². The molecule has 1 aliphatic carbocycles. The van der Waals surface area contributed by atoms with Crippen molar-refractivity contribution in [3.8, 4) is 0 Å². The van der Waals surface area contributed by atoms with E-state index in [1.165, 1.54) is 17.5 Å². The summed E-state index contributed by atoms with van der Waals surface area (Å²) in [5, 5.41) is 0. The van der Waals surface area contributed by atoms with Gasteiger partial charge in [0.05, 0.1) is 0 Å². The smallest absolute Gasteiger partial charge is 0.416 e. The molecule has 2 heterocycles. The number of rotatable bonds is 5. The summed E-state index contributed by atoms with van der Waals surface area (Å²) in [5.41, 5.74) is 2.06. The fraction of sp³-hybridized carbons (Fsp3) is 0.520. The summed E-state index contributed by atoms with van der Waals surface area (Å²) < 4.78 is 5.66. The highest BCUT2D eigenvalue weighted by Gasteiger charge is 2.34. The quantitative estimate of drug-likeness (QED) is 0.637. The predicted octanol–water partition coefficient (Wildman–Crippen LogP) is 5.71. The zero-order chi connectivity index (χ0) is 21.1. The van der Waals surface area contributed by atoms with Crippen molar-refractivity contribution in [2.24, 2.45) is 0 Å². The molecule has 1 aliphatic heterocycles. The van der Waals surface area contributed by atoms with E-state index in [-0.39, 0.29) is 12.1 Å². The van der Waals surface area contributed by atoms with E-state index in [9.17, 15) is 4.79 Å². The molecule has 0 spiro atoms. The lowest BCUT2D eigenvalue weighted by Gasteiger charge is -2.37. The summed E-state index contributed by atoms with van der Waals surface area (Å²) in [5.74, 6) is 0.699. The third-order valence-electron chi connectivity index (χ3n) is 6.02. The molecular formula is C25H33N3O2. The average Bonchev–Trinajstić information content (AvgIpc) is 3.12. The Morgan fingerprint density at radius 2 is 1.87 bits per heavy atom. The molecule has 1 aromatic carbocycles. The maximum Gasteiger partial charge on any atom is 0.416 e. The van der Waals surface area contributed by atoms with E-state index >= 15 is 0 Å². The number of ether oxygens (including phenoxy) is 1. The SMILES string of the molecule is CC(C)(C)OC(=O)N(c1ccc([C@H]2CCCN2Cc2ccccc2)cn1)C1CCC1. The lowest BCUT2D eigenvalue weighted by Crippen LogP contribution is -2.47. The van der Waals surface area contributed by atoms with Gasteiger partial charge in [-0.15, -0.1) is 0 Å². The van der Waals surface area contributed by atoms with Crippen LogP contribution in [0.3, 0.4) is 0 Å². The molecule has 1 atom stereocenters. The highest BCUT2D eigenvalue weighted by Crippen LogP contribution is 2.35. The topological polar surface area (TPSA) is 45.7 Å². The largest absolute Gasteiger partial charge is 0.443 e. The number of hydrogen-bond acceptors (Lipinski definition) is 4. The summed E-state index contributed by atoms with van der Waals surface area (Å²) >= 11 is 0. The summed E-state index contributed by atoms with van der Waals surface area (Å²) in [6.45, 7) is 7.78. The van der Waals surface area contributed by atoms with Crippen LogP contribution in [0.4, 0.5) is 10.6 Å². The van der Waals surface area contributed by atoms with E-state index < -0.39 is 5.60 Å². The van der Waals surface area contributed by atoms with Gasteiger partial charge in [0.2, 0.25) is 0 Å². The van der Waals surface area contributed by atoms with Crippen molar-refractivity contribution in [3.63, 3.8) is 0 Å². The van der Waals surface area contributed by atoms with Gasteiger partial charge in [0, 0.05) is 24.8 Å². The monoisotopic (exact) mass is 407 g/mol. The van der Waals surface area contributed by atoms with Crippen LogP contribution in [0.1, 0.15) is 70.0 Å². The number of amides is 1. The molecule has 5 heteroatoms. The number of benzene rings is 1. The van der Waals surface area contributed by atoms with Gasteiger partial charge in [0.1, 0.15) is 11.4 Å². The molecule has 0 unspecified atom stereocenters. The molecule has 5 nitrogen and oxygen atoms in total. The first-order valence-electron chi connectivity index (χ1n) is 11.2. The Kier molecular flexibility index (Phi) is 6.09. The lowest BCUT2D eigenvalue weighted by atomic mass is 9.91. The van der Waals surface area contributed by atoms with Gasteiger partial charge in [-0.1, -0.05) is 36.4 Å². The molecule has 160 valence electrons. The van der Waals surface area contributed by atoms with Gasteiger partial charge in [0.25, 0.3) is 0 Å². The van der Waals surface area contributed by atoms with E-state index in [2.05, 4.69) is 41.3 Å². The van der Waals surface area contributed by atoms with Gasteiger partial charge in [-0.25, -0.2) is 9.78 Å². The Bertz CT molecular complexity index is 841. The van der Waals surface area contributed by atoms with Gasteiger partial charge in [-0.05, 0) is 76.6 Å². The molecule has 0 bridgehead atoms. The molecule has 1 saturated heterocycles. The summed E-state index contributed by atoms with van der Waals surface area (Å²) in [6, 6.07) is 15.4. The van der Waals surface area contributed by atoms with E-state index in [0.29, 0.717) is 11.9 Å². The first-order valence-corrected chi connectivity index (χ1v) is 11.2. The molecule has 0 radical (unpaired) electrons. The Labute approximate surface area is 180 Å². The Hall–Kier alpha value is -2.40. The van der Waals surface area contributed by atoms with E-state index in [1.807, 2.05) is 33.0 Å². The van der Waals surface area contributed by atoms with Gasteiger partial charge >= 0.3 is 6.09 Å². The zero-order valence-corrected chi connectivity index (χ0v) is 18.4. The second kappa shape index (κ2) is 8.76. The Balaban J connectivity index is 1.49. The van der Waals surface area contributed by atoms with Crippen molar-refractivity contribution in [3.05, 3.63) is 59.8 Å². The fourth-order valence-electron chi connectivity index (χ4n) is 4.33. The third-order valence-corrected chi connectivity index (χ3v) is 6.02. The lowest BCUT2D eigenvalue weighted by molar-refractivity contribution is 0.0548. The number of pyridine rings is 1. The van der Waals surface area contributed by atoms with Gasteiger partial charge < -0.3 is 4.74 Å². The minimum absolute atomic E-state index is 0.194. The fourth-order valence-corrected chi connectivity index (χ4v) is 4.33. The van der Waals surface area contributed by atoms with Gasteiger partial charge in [-0.3, -0.25) is 9.80 Å². The molecular weight excluding hydrogens is 374 g/mol. The van der Waals surface area contributed by atoms with Crippen LogP contribution < -0.4 is 4.90 Å². The predicted molar refractivity (Wildman–Crippen MR) is 119 cm³/mol. The number of anilines is 1. The first kappa shape index (κ1) is 20.9. The average molecular weight is 408 g/mol. The Morgan fingerprint density at radius 3 is 2.47 bits per heavy atom. The molecule has 1 amide bonds. The van der Waals surface area contributed by atoms with Crippen LogP contribution in [0, 0.1) is 0 Å². The van der Waals surface area contributed by atoms with Crippen molar-refractivity contribution in [2.75, 3.05) is 11.4 Å². The third kappa shape index (κ3) is 4.84. The van der Waals surface area contributed by atoms with Crippen LogP contribution in [0.5, 0.6) is 0 Å². The molecule has 4 rings (SSSR count). The molecule has 0 N–H and O–H groups in total. The minimum atomic E-state index is -0.513. The van der Waals surface area contributed by atoms with E-state index in [1.54, 1.807) is 4.90 Å². The van der Waals surface area contributed by atoms with Crippen molar-refractivity contribution in [1.82, 2.24) is 9.88 Å². The molecule has 2 aliphatic rings. The molecule has 2 fully saturated rings. The normalized spacial score (nSPS) is 20.0. The number of nitrogens with zero attached hydrogens (tertiary/aromatic N) is 3. The van der Waals surface area contributed by atoms with Gasteiger partial charge in [-0.2, -0.15) is 0 Å². The van der Waals surface area contributed by atoms with Crippen LogP contribution in [-0.2, 0) is 11.3 Å². The van der Waals surface area contributed by atoms with Crippen molar-refractivity contribution in [2.45, 2.75) is 77.1 Å². The van der Waals surface area contributed by atoms with Crippen molar-refractivity contribution in [1.29, 1.82) is 0 Å². The number of aromatic nitrogens is 1. The van der Waals surface area contributed by atoms with Gasteiger partial charge in [0.15, 0.2) is 0 Å². The zero-order valence-electron chi connectivity index (χ0n) is 18.4. The maximum atomic E-state index is 12.8. The highest BCUT2D eigenvalue weighted by atomic mass is 16.6. The van der Waals surface area contributed by atoms with E-state index in [0.717, 1.165) is 38.8 Å². The summed E-state index contributed by atoms with van der Waals surface area (Å²) in [4.78, 5) is 21.9. The van der Waals surface area contributed by atoms with Crippen molar-refractivity contribution < 1.29 is 9.53 Å². The number of carbonyl (C=O) groups is 1. The molecule has 2 aromatic rings. The van der Waals surface area contributed by atoms with Crippen LogP contribution in [0.2, 0.25) is 0 Å². The minimum Gasteiger partial charge on any atom is -0.443 e. The molecule has 1 aromatic heterocycles. The summed E-state index contributed by atoms with van der Waals surface area (Å²) in [7, 11) is 0.